The molecule has 3 heterocycles. The van der Waals surface area contributed by atoms with Crippen molar-refractivity contribution in [3.63, 3.8) is 0 Å². The molecule has 162 valence electrons. The van der Waals surface area contributed by atoms with Crippen LogP contribution in [0.2, 0.25) is 0 Å². The number of anilines is 2. The molecule has 0 saturated carbocycles. The Kier molecular flexibility index (Phi) is 8.71. The van der Waals surface area contributed by atoms with Gasteiger partial charge in [-0.05, 0) is 24.3 Å². The van der Waals surface area contributed by atoms with Crippen molar-refractivity contribution in [3.05, 3.63) is 54.4 Å². The number of nitrogens with one attached hydrogen (secondary N) is 1. The summed E-state index contributed by atoms with van der Waals surface area (Å²) in [6, 6.07) is 14.0. The molecule has 0 unspecified atom stereocenters. The molecular formula is C24H35N5O. The Hall–Kier alpha value is -3.02. The van der Waals surface area contributed by atoms with Crippen molar-refractivity contribution in [2.45, 2.75) is 27.7 Å². The predicted octanol–water partition coefficient (Wildman–Crippen LogP) is 4.63. The molecule has 1 N–H and O–H groups in total. The number of para-hydroxylation sites is 1. The number of hydrogen-bond donors (Lipinski definition) is 1. The second-order valence-corrected chi connectivity index (χ2v) is 6.55. The quantitative estimate of drug-likeness (QED) is 0.685. The average Bonchev–Trinajstić information content (AvgIpc) is 3.18. The number of aromatic nitrogens is 2. The molecule has 6 nitrogen and oxygen atoms in total. The first-order valence-electron chi connectivity index (χ1n) is 10.9. The lowest BCUT2D eigenvalue weighted by atomic mass is 10.2. The third-order valence-corrected chi connectivity index (χ3v) is 5.09. The van der Waals surface area contributed by atoms with Crippen LogP contribution in [0.3, 0.4) is 0 Å². The molecule has 1 fully saturated rings. The number of piperazine rings is 1. The Labute approximate surface area is 180 Å². The van der Waals surface area contributed by atoms with Crippen LogP contribution in [0.4, 0.5) is 11.5 Å². The summed E-state index contributed by atoms with van der Waals surface area (Å²) in [5.41, 5.74) is 2.84. The molecule has 1 amide bonds. The largest absolute Gasteiger partial charge is 0.385 e. The number of rotatable bonds is 3. The Morgan fingerprint density at radius 3 is 2.27 bits per heavy atom. The molecule has 30 heavy (non-hydrogen) atoms. The number of nitrogens with zero attached hydrogens (tertiary/aromatic N) is 4. The number of pyridine rings is 1. The Morgan fingerprint density at radius 1 is 0.967 bits per heavy atom. The van der Waals surface area contributed by atoms with Gasteiger partial charge in [-0.3, -0.25) is 4.79 Å². The van der Waals surface area contributed by atoms with Gasteiger partial charge in [0.25, 0.3) is 5.91 Å². The molecule has 0 bridgehead atoms. The van der Waals surface area contributed by atoms with Gasteiger partial charge in [-0.25, -0.2) is 4.98 Å². The van der Waals surface area contributed by atoms with Crippen molar-refractivity contribution in [2.75, 3.05) is 43.4 Å². The molecular weight excluding hydrogens is 374 g/mol. The first-order valence-corrected chi connectivity index (χ1v) is 10.9. The lowest BCUT2D eigenvalue weighted by Gasteiger charge is -2.36. The average molecular weight is 410 g/mol. The van der Waals surface area contributed by atoms with Crippen LogP contribution in [0.1, 0.15) is 38.2 Å². The van der Waals surface area contributed by atoms with Gasteiger partial charge in [0.2, 0.25) is 0 Å². The van der Waals surface area contributed by atoms with Crippen molar-refractivity contribution in [1.82, 2.24) is 14.5 Å². The zero-order valence-electron chi connectivity index (χ0n) is 19.1. The standard InChI is InChI=1S/C20H23N5O.2C2H6/c1-21-16-7-5-9-22-19(16)24-10-12-25(13-11-24)20(26)18-14-15-6-3-4-8-17(15)23(18)2;2*1-2/h3-9,14,21H,10-13H2,1-2H3;2*1-2H3. The first kappa shape index (κ1) is 23.3. The highest BCUT2D eigenvalue weighted by Crippen LogP contribution is 2.24. The number of fused-ring (bicyclic) bond motifs is 1. The van der Waals surface area contributed by atoms with Gasteiger partial charge in [-0.2, -0.15) is 0 Å². The van der Waals surface area contributed by atoms with Crippen molar-refractivity contribution in [1.29, 1.82) is 0 Å². The number of aryl methyl sites for hydroxylation is 1. The van der Waals surface area contributed by atoms with E-state index in [0.29, 0.717) is 13.1 Å². The maximum absolute atomic E-state index is 13.0. The minimum atomic E-state index is 0.0956. The highest BCUT2D eigenvalue weighted by atomic mass is 16.2. The van der Waals surface area contributed by atoms with Crippen molar-refractivity contribution in [3.8, 4) is 0 Å². The summed E-state index contributed by atoms with van der Waals surface area (Å²) in [6.07, 6.45) is 1.81. The van der Waals surface area contributed by atoms with E-state index >= 15 is 0 Å². The summed E-state index contributed by atoms with van der Waals surface area (Å²) in [7, 11) is 3.86. The first-order chi connectivity index (χ1) is 14.7. The summed E-state index contributed by atoms with van der Waals surface area (Å²) in [5, 5.41) is 4.29. The van der Waals surface area contributed by atoms with Crippen LogP contribution in [0, 0.1) is 0 Å². The van der Waals surface area contributed by atoms with E-state index in [4.69, 9.17) is 0 Å². The summed E-state index contributed by atoms with van der Waals surface area (Å²) in [4.78, 5) is 21.7. The summed E-state index contributed by atoms with van der Waals surface area (Å²) >= 11 is 0. The molecule has 6 heteroatoms. The zero-order valence-corrected chi connectivity index (χ0v) is 19.1. The lowest BCUT2D eigenvalue weighted by molar-refractivity contribution is 0.0737. The van der Waals surface area contributed by atoms with Crippen LogP contribution in [-0.2, 0) is 7.05 Å². The van der Waals surface area contributed by atoms with Gasteiger partial charge >= 0.3 is 0 Å². The van der Waals surface area contributed by atoms with Crippen LogP contribution in [0.15, 0.2) is 48.7 Å². The van der Waals surface area contributed by atoms with Crippen LogP contribution in [-0.4, -0.2) is 53.6 Å². The third-order valence-electron chi connectivity index (χ3n) is 5.09. The minimum absolute atomic E-state index is 0.0956. The molecule has 3 aromatic rings. The number of amides is 1. The number of benzene rings is 1. The Bertz CT molecular complexity index is 942. The molecule has 0 radical (unpaired) electrons. The van der Waals surface area contributed by atoms with Crippen molar-refractivity contribution >= 4 is 28.3 Å². The SMILES string of the molecule is CC.CC.CNc1cccnc1N1CCN(C(=O)c2cc3ccccc3n2C)CC1. The Morgan fingerprint density at radius 2 is 1.63 bits per heavy atom. The van der Waals surface area contributed by atoms with Crippen molar-refractivity contribution in [2.24, 2.45) is 7.05 Å². The van der Waals surface area contributed by atoms with E-state index in [0.717, 1.165) is 41.2 Å². The molecule has 0 spiro atoms. The summed E-state index contributed by atoms with van der Waals surface area (Å²) < 4.78 is 1.99. The molecule has 0 atom stereocenters. The molecule has 1 aliphatic rings. The van der Waals surface area contributed by atoms with Crippen LogP contribution in [0.5, 0.6) is 0 Å². The molecule has 2 aromatic heterocycles. The Balaban J connectivity index is 0.000000757. The van der Waals surface area contributed by atoms with Gasteiger partial charge in [0.1, 0.15) is 5.69 Å². The number of carbonyl (C=O) groups is 1. The molecule has 1 saturated heterocycles. The fourth-order valence-electron chi connectivity index (χ4n) is 3.62. The number of hydrogen-bond acceptors (Lipinski definition) is 4. The highest BCUT2D eigenvalue weighted by molar-refractivity contribution is 5.98. The normalized spacial score (nSPS) is 13.1. The van der Waals surface area contributed by atoms with Crippen LogP contribution in [0.25, 0.3) is 10.9 Å². The maximum Gasteiger partial charge on any atom is 0.270 e. The monoisotopic (exact) mass is 409 g/mol. The van der Waals surface area contributed by atoms with E-state index < -0.39 is 0 Å². The van der Waals surface area contributed by atoms with Crippen molar-refractivity contribution < 1.29 is 4.79 Å². The van der Waals surface area contributed by atoms with Gasteiger partial charge in [0.15, 0.2) is 5.82 Å². The van der Waals surface area contributed by atoms with Gasteiger partial charge in [-0.1, -0.05) is 45.9 Å². The van der Waals surface area contributed by atoms with Gasteiger partial charge in [-0.15, -0.1) is 0 Å². The maximum atomic E-state index is 13.0. The predicted molar refractivity (Wildman–Crippen MR) is 128 cm³/mol. The van der Waals surface area contributed by atoms with E-state index in [1.54, 1.807) is 0 Å². The minimum Gasteiger partial charge on any atom is -0.385 e. The third kappa shape index (κ3) is 4.75. The van der Waals surface area contributed by atoms with Crippen LogP contribution < -0.4 is 10.2 Å². The van der Waals surface area contributed by atoms with Gasteiger partial charge in [0, 0.05) is 57.4 Å². The second-order valence-electron chi connectivity index (χ2n) is 6.55. The second kappa shape index (κ2) is 11.2. The summed E-state index contributed by atoms with van der Waals surface area (Å²) in [5.74, 6) is 1.05. The van der Waals surface area contributed by atoms with E-state index in [9.17, 15) is 4.79 Å². The van der Waals surface area contributed by atoms with E-state index in [-0.39, 0.29) is 5.91 Å². The molecule has 0 aliphatic carbocycles. The summed E-state index contributed by atoms with van der Waals surface area (Å²) in [6.45, 7) is 10.9. The lowest BCUT2D eigenvalue weighted by Crippen LogP contribution is -2.49. The molecule has 1 aliphatic heterocycles. The highest BCUT2D eigenvalue weighted by Gasteiger charge is 2.25. The topological polar surface area (TPSA) is 53.4 Å². The van der Waals surface area contributed by atoms with E-state index in [1.807, 2.05) is 99.9 Å². The fourth-order valence-corrected chi connectivity index (χ4v) is 3.62. The molecule has 1 aromatic carbocycles. The van der Waals surface area contributed by atoms with E-state index in [2.05, 4.69) is 15.2 Å². The smallest absolute Gasteiger partial charge is 0.270 e. The fraction of sp³-hybridized carbons (Fsp3) is 0.417. The van der Waals surface area contributed by atoms with Crippen LogP contribution >= 0.6 is 0 Å². The zero-order chi connectivity index (χ0) is 22.1. The molecule has 4 rings (SSSR count). The number of carbonyl (C=O) groups excluding carboxylic acids is 1. The van der Waals surface area contributed by atoms with Gasteiger partial charge < -0.3 is 19.7 Å². The van der Waals surface area contributed by atoms with Gasteiger partial charge in [0.05, 0.1) is 5.69 Å². The van der Waals surface area contributed by atoms with E-state index in [1.165, 1.54) is 0 Å².